The van der Waals surface area contributed by atoms with Gasteiger partial charge in [-0.3, -0.25) is 0 Å². The Kier molecular flexibility index (Phi) is 5.63. The summed E-state index contributed by atoms with van der Waals surface area (Å²) in [5.74, 6) is 0. The van der Waals surface area contributed by atoms with Crippen LogP contribution in [0.4, 0.5) is 17.1 Å². The third kappa shape index (κ3) is 3.93. The van der Waals surface area contributed by atoms with Crippen molar-refractivity contribution < 1.29 is 8.83 Å². The molecule has 11 rings (SSSR count). The molecule has 0 aliphatic rings. The van der Waals surface area contributed by atoms with Crippen molar-refractivity contribution in [2.24, 2.45) is 0 Å². The zero-order valence-corrected chi connectivity index (χ0v) is 26.9. The third-order valence-electron chi connectivity index (χ3n) is 10.2. The minimum Gasteiger partial charge on any atom is -0.456 e. The molecule has 3 heterocycles. The molecule has 50 heavy (non-hydrogen) atoms. The minimum atomic E-state index is 0.861. The Hall–Kier alpha value is -6.78. The van der Waals surface area contributed by atoms with Crippen molar-refractivity contribution in [3.8, 4) is 5.69 Å². The van der Waals surface area contributed by atoms with Crippen LogP contribution in [0, 0.1) is 0 Å². The predicted octanol–water partition coefficient (Wildman–Crippen LogP) is 13.2. The van der Waals surface area contributed by atoms with Crippen LogP contribution < -0.4 is 4.90 Å². The number of aromatic nitrogens is 1. The van der Waals surface area contributed by atoms with Crippen LogP contribution in [0.15, 0.2) is 179 Å². The van der Waals surface area contributed by atoms with E-state index in [1.807, 2.05) is 24.3 Å². The molecule has 0 spiro atoms. The first kappa shape index (κ1) is 27.2. The van der Waals surface area contributed by atoms with Crippen molar-refractivity contribution >= 4 is 93.5 Å². The lowest BCUT2D eigenvalue weighted by Crippen LogP contribution is -2.10. The number of rotatable bonds is 4. The van der Waals surface area contributed by atoms with Crippen LogP contribution in [0.3, 0.4) is 0 Å². The molecule has 234 valence electrons. The Morgan fingerprint density at radius 1 is 0.360 bits per heavy atom. The summed E-state index contributed by atoms with van der Waals surface area (Å²) in [5.41, 5.74) is 10.2. The highest BCUT2D eigenvalue weighted by Crippen LogP contribution is 2.43. The van der Waals surface area contributed by atoms with Crippen LogP contribution in [0.2, 0.25) is 0 Å². The lowest BCUT2D eigenvalue weighted by atomic mass is 10.0. The van der Waals surface area contributed by atoms with Gasteiger partial charge in [-0.25, -0.2) is 0 Å². The predicted molar refractivity (Wildman–Crippen MR) is 208 cm³/mol. The van der Waals surface area contributed by atoms with Crippen LogP contribution in [0.25, 0.3) is 82.1 Å². The molecule has 0 unspecified atom stereocenters. The Balaban J connectivity index is 1.19. The summed E-state index contributed by atoms with van der Waals surface area (Å²) in [6.45, 7) is 0. The van der Waals surface area contributed by atoms with E-state index in [0.717, 1.165) is 72.0 Å². The van der Waals surface area contributed by atoms with Crippen molar-refractivity contribution in [3.63, 3.8) is 0 Å². The van der Waals surface area contributed by atoms with E-state index in [1.54, 1.807) is 0 Å². The monoisotopic (exact) mass is 640 g/mol. The van der Waals surface area contributed by atoms with Gasteiger partial charge in [0.1, 0.15) is 22.3 Å². The fourth-order valence-electron chi connectivity index (χ4n) is 7.93. The number of hydrogen-bond acceptors (Lipinski definition) is 3. The van der Waals surface area contributed by atoms with Gasteiger partial charge in [-0.2, -0.15) is 0 Å². The number of anilines is 3. The van der Waals surface area contributed by atoms with Crippen molar-refractivity contribution in [3.05, 3.63) is 170 Å². The van der Waals surface area contributed by atoms with Gasteiger partial charge >= 0.3 is 0 Å². The molecule has 0 N–H and O–H groups in total. The van der Waals surface area contributed by atoms with E-state index in [2.05, 4.69) is 155 Å². The van der Waals surface area contributed by atoms with E-state index < -0.39 is 0 Å². The maximum absolute atomic E-state index is 6.42. The quantitative estimate of drug-likeness (QED) is 0.192. The Morgan fingerprint density at radius 3 is 1.80 bits per heavy atom. The zero-order valence-electron chi connectivity index (χ0n) is 26.9. The van der Waals surface area contributed by atoms with Crippen molar-refractivity contribution in [2.45, 2.75) is 0 Å². The normalized spacial score (nSPS) is 12.0. The van der Waals surface area contributed by atoms with Gasteiger partial charge < -0.3 is 18.3 Å². The molecular formula is C46H28N2O2. The van der Waals surface area contributed by atoms with Crippen molar-refractivity contribution in [2.75, 3.05) is 4.90 Å². The van der Waals surface area contributed by atoms with Crippen LogP contribution >= 0.6 is 0 Å². The van der Waals surface area contributed by atoms with Crippen molar-refractivity contribution in [1.82, 2.24) is 4.57 Å². The fraction of sp³-hybridized carbons (Fsp3) is 0. The number of fused-ring (bicyclic) bond motifs is 11. The summed E-state index contributed by atoms with van der Waals surface area (Å²) in [4.78, 5) is 2.35. The molecule has 0 atom stereocenters. The molecule has 0 saturated heterocycles. The maximum Gasteiger partial charge on any atom is 0.137 e. The summed E-state index contributed by atoms with van der Waals surface area (Å²) in [7, 11) is 0. The van der Waals surface area contributed by atoms with E-state index in [1.165, 1.54) is 27.2 Å². The molecule has 0 saturated carbocycles. The van der Waals surface area contributed by atoms with Crippen molar-refractivity contribution in [1.29, 1.82) is 0 Å². The molecule has 0 radical (unpaired) electrons. The van der Waals surface area contributed by atoms with E-state index >= 15 is 0 Å². The number of benzene rings is 8. The molecule has 0 bridgehead atoms. The molecule has 3 aromatic heterocycles. The van der Waals surface area contributed by atoms with Gasteiger partial charge in [0.05, 0.1) is 11.0 Å². The van der Waals surface area contributed by atoms with Gasteiger partial charge in [0, 0.05) is 61.1 Å². The van der Waals surface area contributed by atoms with Crippen LogP contribution in [0.5, 0.6) is 0 Å². The summed E-state index contributed by atoms with van der Waals surface area (Å²) in [6, 6.07) is 60.2. The summed E-state index contributed by atoms with van der Waals surface area (Å²) < 4.78 is 15.1. The Morgan fingerprint density at radius 2 is 0.940 bits per heavy atom. The summed E-state index contributed by atoms with van der Waals surface area (Å²) in [6.07, 6.45) is 0. The standard InChI is InChI=1S/C46H28N2O2/c1-2-10-30(11-3-1)48-40-15-7-4-12-34(40)39-27-32(22-24-41(39)48)47(33-21-23-36-35-13-5-8-16-42(35)50-45(36)28-33)31-20-18-29-19-25-44-46(38(29)26-31)37-14-6-9-17-43(37)49-44/h1-28H. The van der Waals surface area contributed by atoms with Gasteiger partial charge in [0.25, 0.3) is 0 Å². The SMILES string of the molecule is c1ccc(-n2c3ccccc3c3cc(N(c4ccc5c(c4)oc4ccccc45)c4ccc5ccc6oc7ccccc7c6c5c4)ccc32)cc1. The highest BCUT2D eigenvalue weighted by Gasteiger charge is 2.20. The molecule has 0 aliphatic carbocycles. The number of nitrogens with zero attached hydrogens (tertiary/aromatic N) is 2. The van der Waals surface area contributed by atoms with E-state index in [4.69, 9.17) is 8.83 Å². The smallest absolute Gasteiger partial charge is 0.137 e. The van der Waals surface area contributed by atoms with Crippen LogP contribution in [0.1, 0.15) is 0 Å². The van der Waals surface area contributed by atoms with Gasteiger partial charge in [0.15, 0.2) is 0 Å². The average molecular weight is 641 g/mol. The topological polar surface area (TPSA) is 34.5 Å². The lowest BCUT2D eigenvalue weighted by Gasteiger charge is -2.26. The lowest BCUT2D eigenvalue weighted by molar-refractivity contribution is 0.668. The second-order valence-electron chi connectivity index (χ2n) is 12.9. The molecule has 4 nitrogen and oxygen atoms in total. The molecule has 0 fully saturated rings. The largest absolute Gasteiger partial charge is 0.456 e. The molecule has 11 aromatic rings. The first-order valence-corrected chi connectivity index (χ1v) is 16.9. The second-order valence-corrected chi connectivity index (χ2v) is 12.9. The summed E-state index contributed by atoms with van der Waals surface area (Å²) >= 11 is 0. The first-order valence-electron chi connectivity index (χ1n) is 16.9. The molecule has 0 aliphatic heterocycles. The van der Waals surface area contributed by atoms with Crippen LogP contribution in [-0.2, 0) is 0 Å². The van der Waals surface area contributed by atoms with E-state index in [0.29, 0.717) is 0 Å². The highest BCUT2D eigenvalue weighted by molar-refractivity contribution is 6.19. The van der Waals surface area contributed by atoms with Crippen LogP contribution in [-0.4, -0.2) is 4.57 Å². The molecule has 8 aromatic carbocycles. The highest BCUT2D eigenvalue weighted by atomic mass is 16.3. The molecule has 4 heteroatoms. The second kappa shape index (κ2) is 10.4. The number of furan rings is 2. The zero-order chi connectivity index (χ0) is 32.8. The number of para-hydroxylation sites is 4. The van der Waals surface area contributed by atoms with E-state index in [9.17, 15) is 0 Å². The third-order valence-corrected chi connectivity index (χ3v) is 10.2. The Labute approximate surface area is 286 Å². The fourth-order valence-corrected chi connectivity index (χ4v) is 7.93. The Bertz CT molecular complexity index is 3110. The summed E-state index contributed by atoms with van der Waals surface area (Å²) in [5, 5.41) is 9.21. The maximum atomic E-state index is 6.42. The average Bonchev–Trinajstić information content (AvgIpc) is 3.84. The number of hydrogen-bond donors (Lipinski definition) is 0. The van der Waals surface area contributed by atoms with Gasteiger partial charge in [-0.05, 0) is 89.6 Å². The van der Waals surface area contributed by atoms with Gasteiger partial charge in [-0.15, -0.1) is 0 Å². The molecule has 0 amide bonds. The first-order chi connectivity index (χ1) is 24.8. The van der Waals surface area contributed by atoms with Gasteiger partial charge in [0.2, 0.25) is 0 Å². The minimum absolute atomic E-state index is 0.861. The molecular weight excluding hydrogens is 613 g/mol. The van der Waals surface area contributed by atoms with E-state index in [-0.39, 0.29) is 0 Å². The van der Waals surface area contributed by atoms with Gasteiger partial charge in [-0.1, -0.05) is 84.9 Å².